The van der Waals surface area contributed by atoms with E-state index in [9.17, 15) is 18.8 Å². The SMILES string of the molecule is C#C.COc1ccc2c(=O)cc(C)oc2c1.O=CNCCCNC(=O)COc1ccc(Cl)c(F)c1. The molecule has 3 aromatic rings. The maximum Gasteiger partial charge on any atom is 0.257 e. The standard InChI is InChI=1S/C12H14ClFN2O3.C11H10O3.C2H2/c13-10-3-2-9(6-11(10)14)19-7-12(18)16-5-1-4-15-8-17;1-7-5-10(12)9-4-3-8(13-2)6-11(9)14-7;1-2/h2-3,6,8H,1,4-5,7H2,(H,15,17)(H,16,18);3-6H,1-2H3;1-2H. The highest BCUT2D eigenvalue weighted by molar-refractivity contribution is 6.30. The molecule has 0 saturated heterocycles. The summed E-state index contributed by atoms with van der Waals surface area (Å²) >= 11 is 5.51. The van der Waals surface area contributed by atoms with Crippen molar-refractivity contribution >= 4 is 34.9 Å². The number of halogens is 2. The predicted molar refractivity (Wildman–Crippen MR) is 132 cm³/mol. The van der Waals surface area contributed by atoms with Crippen molar-refractivity contribution in [3.8, 4) is 24.3 Å². The third kappa shape index (κ3) is 10.2. The Kier molecular flexibility index (Phi) is 13.0. The quantitative estimate of drug-likeness (QED) is 0.262. The second-order valence-corrected chi connectivity index (χ2v) is 7.13. The van der Waals surface area contributed by atoms with E-state index in [-0.39, 0.29) is 28.7 Å². The number of terminal acetylenes is 1. The van der Waals surface area contributed by atoms with E-state index >= 15 is 0 Å². The number of carbonyl (C=O) groups excluding carboxylic acids is 2. The molecule has 0 radical (unpaired) electrons. The van der Waals surface area contributed by atoms with Crippen LogP contribution in [-0.2, 0) is 9.59 Å². The molecule has 0 atom stereocenters. The molecular formula is C25H26ClFN2O6. The van der Waals surface area contributed by atoms with Crippen LogP contribution in [0.1, 0.15) is 12.2 Å². The number of benzene rings is 2. The zero-order valence-corrected chi connectivity index (χ0v) is 20.1. The first-order valence-corrected chi connectivity index (χ1v) is 10.6. The maximum atomic E-state index is 13.1. The highest BCUT2D eigenvalue weighted by Gasteiger charge is 2.05. The first-order chi connectivity index (χ1) is 16.8. The number of rotatable bonds is 9. The zero-order valence-electron chi connectivity index (χ0n) is 19.3. The number of nitrogens with one attached hydrogen (secondary N) is 2. The van der Waals surface area contributed by atoms with Crippen LogP contribution in [0.5, 0.6) is 11.5 Å². The van der Waals surface area contributed by atoms with Crippen LogP contribution in [0.25, 0.3) is 11.0 Å². The van der Waals surface area contributed by atoms with Gasteiger partial charge in [-0.15, -0.1) is 12.8 Å². The van der Waals surface area contributed by atoms with Crippen LogP contribution in [0.3, 0.4) is 0 Å². The summed E-state index contributed by atoms with van der Waals surface area (Å²) in [5, 5.41) is 5.65. The van der Waals surface area contributed by atoms with Crippen molar-refractivity contribution in [2.45, 2.75) is 13.3 Å². The number of aryl methyl sites for hydroxylation is 1. The third-order valence-corrected chi connectivity index (χ3v) is 4.53. The van der Waals surface area contributed by atoms with E-state index in [1.165, 1.54) is 18.2 Å². The van der Waals surface area contributed by atoms with Gasteiger partial charge in [-0.2, -0.15) is 0 Å². The van der Waals surface area contributed by atoms with Gasteiger partial charge in [-0.3, -0.25) is 14.4 Å². The van der Waals surface area contributed by atoms with Crippen LogP contribution in [-0.4, -0.2) is 39.1 Å². The zero-order chi connectivity index (χ0) is 26.2. The van der Waals surface area contributed by atoms with Gasteiger partial charge in [0.05, 0.1) is 17.5 Å². The van der Waals surface area contributed by atoms with Gasteiger partial charge in [0.2, 0.25) is 6.41 Å². The highest BCUT2D eigenvalue weighted by Crippen LogP contribution is 2.20. The summed E-state index contributed by atoms with van der Waals surface area (Å²) in [6, 6.07) is 10.6. The number of amides is 2. The second-order valence-electron chi connectivity index (χ2n) is 6.72. The van der Waals surface area contributed by atoms with E-state index in [0.29, 0.717) is 48.4 Å². The molecule has 1 aromatic heterocycles. The summed E-state index contributed by atoms with van der Waals surface area (Å²) in [6.07, 6.45) is 9.22. The van der Waals surface area contributed by atoms with Crippen LogP contribution < -0.4 is 25.5 Å². The Balaban J connectivity index is 0.000000338. The average Bonchev–Trinajstić information content (AvgIpc) is 2.85. The van der Waals surface area contributed by atoms with Gasteiger partial charge in [-0.05, 0) is 37.6 Å². The largest absolute Gasteiger partial charge is 0.497 e. The fraction of sp³-hybridized carbons (Fsp3) is 0.240. The van der Waals surface area contributed by atoms with E-state index in [2.05, 4.69) is 23.5 Å². The molecule has 0 unspecified atom stereocenters. The summed E-state index contributed by atoms with van der Waals surface area (Å²) in [4.78, 5) is 32.8. The van der Waals surface area contributed by atoms with Crippen molar-refractivity contribution < 1.29 is 27.9 Å². The molecule has 3 rings (SSSR count). The summed E-state index contributed by atoms with van der Waals surface area (Å²) in [7, 11) is 1.58. The molecule has 0 spiro atoms. The van der Waals surface area contributed by atoms with Crippen LogP contribution in [0.15, 0.2) is 51.7 Å². The maximum absolute atomic E-state index is 13.1. The molecule has 2 amide bonds. The van der Waals surface area contributed by atoms with Crippen LogP contribution in [0.4, 0.5) is 4.39 Å². The Bertz CT molecular complexity index is 1200. The summed E-state index contributed by atoms with van der Waals surface area (Å²) in [6.45, 7) is 2.47. The minimum Gasteiger partial charge on any atom is -0.497 e. The highest BCUT2D eigenvalue weighted by atomic mass is 35.5. The number of ether oxygens (including phenoxy) is 2. The smallest absolute Gasteiger partial charge is 0.257 e. The van der Waals surface area contributed by atoms with E-state index < -0.39 is 5.82 Å². The summed E-state index contributed by atoms with van der Waals surface area (Å²) < 4.78 is 28.6. The Morgan fingerprint density at radius 3 is 2.51 bits per heavy atom. The number of carbonyl (C=O) groups is 2. The Hall–Kier alpha value is -4.03. The molecule has 0 fully saturated rings. The monoisotopic (exact) mass is 504 g/mol. The molecule has 2 aromatic carbocycles. The number of fused-ring (bicyclic) bond motifs is 1. The molecular weight excluding hydrogens is 479 g/mol. The van der Waals surface area contributed by atoms with Crippen molar-refractivity contribution in [3.63, 3.8) is 0 Å². The molecule has 0 aliphatic rings. The lowest BCUT2D eigenvalue weighted by Gasteiger charge is -2.07. The molecule has 8 nitrogen and oxygen atoms in total. The topological polar surface area (TPSA) is 107 Å². The first kappa shape index (κ1) is 29.0. The van der Waals surface area contributed by atoms with E-state index in [4.69, 9.17) is 25.5 Å². The van der Waals surface area contributed by atoms with Crippen LogP contribution in [0, 0.1) is 25.6 Å². The fourth-order valence-corrected chi connectivity index (χ4v) is 2.74. The minimum absolute atomic E-state index is 0.000482. The second kappa shape index (κ2) is 15.7. The molecule has 2 N–H and O–H groups in total. The van der Waals surface area contributed by atoms with E-state index in [1.54, 1.807) is 32.2 Å². The molecule has 186 valence electrons. The van der Waals surface area contributed by atoms with Gasteiger partial charge < -0.3 is 24.5 Å². The number of methoxy groups -OCH3 is 1. The lowest BCUT2D eigenvalue weighted by atomic mass is 10.2. The molecule has 10 heteroatoms. The van der Waals surface area contributed by atoms with Crippen molar-refractivity contribution in [1.29, 1.82) is 0 Å². The normalized spacial score (nSPS) is 9.54. The van der Waals surface area contributed by atoms with Gasteiger partial charge in [0.25, 0.3) is 5.91 Å². The third-order valence-electron chi connectivity index (χ3n) is 4.22. The number of hydrogen-bond acceptors (Lipinski definition) is 6. The van der Waals surface area contributed by atoms with Crippen molar-refractivity contribution in [2.75, 3.05) is 26.8 Å². The fourth-order valence-electron chi connectivity index (χ4n) is 2.63. The molecule has 1 heterocycles. The van der Waals surface area contributed by atoms with Gasteiger partial charge in [0.15, 0.2) is 12.0 Å². The summed E-state index contributed by atoms with van der Waals surface area (Å²) in [5.74, 6) is 0.614. The van der Waals surface area contributed by atoms with Crippen molar-refractivity contribution in [1.82, 2.24) is 10.6 Å². The lowest BCUT2D eigenvalue weighted by Crippen LogP contribution is -2.31. The van der Waals surface area contributed by atoms with Gasteiger partial charge >= 0.3 is 0 Å². The van der Waals surface area contributed by atoms with Gasteiger partial charge in [-0.1, -0.05) is 11.6 Å². The molecule has 35 heavy (non-hydrogen) atoms. The van der Waals surface area contributed by atoms with Crippen LogP contribution >= 0.6 is 11.6 Å². The van der Waals surface area contributed by atoms with Crippen molar-refractivity contribution in [3.05, 3.63) is 69.3 Å². The Morgan fingerprint density at radius 1 is 1.14 bits per heavy atom. The molecule has 0 saturated carbocycles. The Labute approximate surface area is 207 Å². The Morgan fingerprint density at radius 2 is 1.86 bits per heavy atom. The van der Waals surface area contributed by atoms with Gasteiger partial charge in [0.1, 0.15) is 28.7 Å². The van der Waals surface area contributed by atoms with Crippen molar-refractivity contribution in [2.24, 2.45) is 0 Å². The van der Waals surface area contributed by atoms with E-state index in [1.807, 2.05) is 0 Å². The lowest BCUT2D eigenvalue weighted by molar-refractivity contribution is -0.123. The van der Waals surface area contributed by atoms with E-state index in [0.717, 1.165) is 6.07 Å². The first-order valence-electron chi connectivity index (χ1n) is 10.3. The number of hydrogen-bond donors (Lipinski definition) is 2. The predicted octanol–water partition coefficient (Wildman–Crippen LogP) is 3.47. The average molecular weight is 505 g/mol. The van der Waals surface area contributed by atoms with Gasteiger partial charge in [-0.25, -0.2) is 4.39 Å². The van der Waals surface area contributed by atoms with Gasteiger partial charge in [0, 0.05) is 31.3 Å². The summed E-state index contributed by atoms with van der Waals surface area (Å²) in [5.41, 5.74) is 0.542. The minimum atomic E-state index is -0.598. The van der Waals surface area contributed by atoms with Crippen LogP contribution in [0.2, 0.25) is 5.02 Å². The molecule has 0 aliphatic carbocycles. The molecule has 0 aliphatic heterocycles. The molecule has 0 bridgehead atoms.